The standard InChI is InChI=1S/C21H27N3O4/c1-15-5-2-3-6-18(15)28-14-12-22-21(26)24-17-10-8-16(9-11-17)23-20(25)19-7-4-13-27-19/h4,7-11,13,15,18H,2-3,5-6,12,14H2,1H3,(H,23,25)(H2,22,24,26)/t15-,18-/m0/s1. The maximum absolute atomic E-state index is 12.0. The number of rotatable bonds is 7. The van der Waals surface area contributed by atoms with E-state index in [1.54, 1.807) is 36.4 Å². The van der Waals surface area contributed by atoms with Crippen molar-refractivity contribution in [1.82, 2.24) is 5.32 Å². The highest BCUT2D eigenvalue weighted by Crippen LogP contribution is 2.26. The second-order valence-electron chi connectivity index (χ2n) is 7.06. The largest absolute Gasteiger partial charge is 0.459 e. The number of benzene rings is 1. The van der Waals surface area contributed by atoms with E-state index < -0.39 is 0 Å². The number of nitrogens with one attached hydrogen (secondary N) is 3. The van der Waals surface area contributed by atoms with E-state index in [0.717, 1.165) is 6.42 Å². The molecule has 1 aromatic carbocycles. The fourth-order valence-corrected chi connectivity index (χ4v) is 3.32. The van der Waals surface area contributed by atoms with E-state index in [4.69, 9.17) is 9.15 Å². The number of carbonyl (C=O) groups excluding carboxylic acids is 2. The summed E-state index contributed by atoms with van der Waals surface area (Å²) in [7, 11) is 0. The first kappa shape index (κ1) is 19.9. The first-order valence-electron chi connectivity index (χ1n) is 9.73. The number of carbonyl (C=O) groups is 2. The van der Waals surface area contributed by atoms with Crippen LogP contribution in [-0.4, -0.2) is 31.2 Å². The van der Waals surface area contributed by atoms with Gasteiger partial charge in [0.15, 0.2) is 5.76 Å². The lowest BCUT2D eigenvalue weighted by atomic mass is 9.88. The molecule has 0 radical (unpaired) electrons. The van der Waals surface area contributed by atoms with E-state index in [1.807, 2.05) is 0 Å². The normalized spacial score (nSPS) is 19.0. The zero-order valence-electron chi connectivity index (χ0n) is 16.1. The average molecular weight is 385 g/mol. The van der Waals surface area contributed by atoms with Crippen molar-refractivity contribution in [2.24, 2.45) is 5.92 Å². The van der Waals surface area contributed by atoms with Gasteiger partial charge in [-0.1, -0.05) is 19.8 Å². The Bertz CT molecular complexity index is 758. The number of anilines is 2. The van der Waals surface area contributed by atoms with Crippen molar-refractivity contribution in [3.63, 3.8) is 0 Å². The van der Waals surface area contributed by atoms with Crippen molar-refractivity contribution in [2.45, 2.75) is 38.7 Å². The minimum Gasteiger partial charge on any atom is -0.459 e. The van der Waals surface area contributed by atoms with Crippen LogP contribution in [0.1, 0.15) is 43.2 Å². The summed E-state index contributed by atoms with van der Waals surface area (Å²) in [4.78, 5) is 23.9. The topological polar surface area (TPSA) is 92.6 Å². The second kappa shape index (κ2) is 9.94. The monoisotopic (exact) mass is 385 g/mol. The zero-order chi connectivity index (χ0) is 19.8. The van der Waals surface area contributed by atoms with Crippen LogP contribution in [0.5, 0.6) is 0 Å². The minimum absolute atomic E-state index is 0.242. The molecule has 3 rings (SSSR count). The molecular formula is C21H27N3O4. The van der Waals surface area contributed by atoms with Gasteiger partial charge in [0.1, 0.15) is 0 Å². The fourth-order valence-electron chi connectivity index (χ4n) is 3.32. The Morgan fingerprint density at radius 3 is 2.46 bits per heavy atom. The van der Waals surface area contributed by atoms with Crippen LogP contribution in [0.25, 0.3) is 0 Å². The summed E-state index contributed by atoms with van der Waals surface area (Å²) in [5.74, 6) is 0.511. The number of amides is 3. The Balaban J connectivity index is 1.36. The van der Waals surface area contributed by atoms with Gasteiger partial charge >= 0.3 is 6.03 Å². The molecule has 28 heavy (non-hydrogen) atoms. The minimum atomic E-state index is -0.323. The lowest BCUT2D eigenvalue weighted by Crippen LogP contribution is -2.34. The van der Waals surface area contributed by atoms with Crippen LogP contribution in [0.4, 0.5) is 16.2 Å². The van der Waals surface area contributed by atoms with Gasteiger partial charge in [0.2, 0.25) is 0 Å². The summed E-state index contributed by atoms with van der Waals surface area (Å²) < 4.78 is 10.9. The molecule has 1 aliphatic rings. The van der Waals surface area contributed by atoms with E-state index >= 15 is 0 Å². The quantitative estimate of drug-likeness (QED) is 0.621. The number of furan rings is 1. The molecule has 0 spiro atoms. The lowest BCUT2D eigenvalue weighted by Gasteiger charge is -2.28. The van der Waals surface area contributed by atoms with Crippen molar-refractivity contribution >= 4 is 23.3 Å². The molecule has 0 bridgehead atoms. The molecule has 0 saturated heterocycles. The fraction of sp³-hybridized carbons (Fsp3) is 0.429. The Labute approximate surface area is 164 Å². The average Bonchev–Trinajstić information content (AvgIpc) is 3.23. The molecule has 0 aliphatic heterocycles. The summed E-state index contributed by atoms with van der Waals surface area (Å²) in [5.41, 5.74) is 1.25. The van der Waals surface area contributed by atoms with Crippen LogP contribution in [-0.2, 0) is 4.74 Å². The van der Waals surface area contributed by atoms with Crippen molar-refractivity contribution in [1.29, 1.82) is 0 Å². The van der Waals surface area contributed by atoms with Gasteiger partial charge in [-0.05, 0) is 55.2 Å². The first-order chi connectivity index (χ1) is 13.6. The number of hydrogen-bond donors (Lipinski definition) is 3. The summed E-state index contributed by atoms with van der Waals surface area (Å²) in [5, 5.41) is 8.28. The van der Waals surface area contributed by atoms with Crippen LogP contribution >= 0.6 is 0 Å². The summed E-state index contributed by atoms with van der Waals surface area (Å²) in [6.07, 6.45) is 6.59. The SMILES string of the molecule is C[C@H]1CCCC[C@@H]1OCCNC(=O)Nc1ccc(NC(=O)c2ccco2)cc1. The van der Waals surface area contributed by atoms with Gasteiger partial charge in [-0.3, -0.25) is 4.79 Å². The lowest BCUT2D eigenvalue weighted by molar-refractivity contribution is -0.00232. The molecule has 150 valence electrons. The van der Waals surface area contributed by atoms with Crippen LogP contribution in [0.2, 0.25) is 0 Å². The zero-order valence-corrected chi connectivity index (χ0v) is 16.1. The van der Waals surface area contributed by atoms with E-state index in [2.05, 4.69) is 22.9 Å². The van der Waals surface area contributed by atoms with E-state index in [9.17, 15) is 9.59 Å². The summed E-state index contributed by atoms with van der Waals surface area (Å²) in [6, 6.07) is 9.83. The van der Waals surface area contributed by atoms with Gasteiger partial charge in [-0.2, -0.15) is 0 Å². The van der Waals surface area contributed by atoms with Gasteiger partial charge in [-0.25, -0.2) is 4.79 Å². The molecule has 3 N–H and O–H groups in total. The highest BCUT2D eigenvalue weighted by Gasteiger charge is 2.21. The molecule has 1 heterocycles. The van der Waals surface area contributed by atoms with Gasteiger partial charge in [-0.15, -0.1) is 0 Å². The molecule has 1 fully saturated rings. The highest BCUT2D eigenvalue weighted by atomic mass is 16.5. The molecule has 2 atom stereocenters. The van der Waals surface area contributed by atoms with E-state index in [-0.39, 0.29) is 17.7 Å². The van der Waals surface area contributed by atoms with E-state index in [1.165, 1.54) is 25.5 Å². The predicted octanol–water partition coefficient (Wildman–Crippen LogP) is 4.25. The third-order valence-corrected chi connectivity index (χ3v) is 4.90. The number of urea groups is 1. The van der Waals surface area contributed by atoms with E-state index in [0.29, 0.717) is 36.5 Å². The molecule has 1 saturated carbocycles. The Kier molecular flexibility index (Phi) is 7.08. The second-order valence-corrected chi connectivity index (χ2v) is 7.06. The van der Waals surface area contributed by atoms with Gasteiger partial charge in [0, 0.05) is 17.9 Å². The smallest absolute Gasteiger partial charge is 0.319 e. The number of hydrogen-bond acceptors (Lipinski definition) is 4. The Morgan fingerprint density at radius 1 is 1.07 bits per heavy atom. The molecule has 1 aliphatic carbocycles. The van der Waals surface area contributed by atoms with Gasteiger partial charge in [0.25, 0.3) is 5.91 Å². The van der Waals surface area contributed by atoms with Gasteiger partial charge < -0.3 is 25.1 Å². The van der Waals surface area contributed by atoms with Crippen molar-refractivity contribution in [2.75, 3.05) is 23.8 Å². The predicted molar refractivity (Wildman–Crippen MR) is 107 cm³/mol. The Morgan fingerprint density at radius 2 is 1.79 bits per heavy atom. The Hall–Kier alpha value is -2.80. The molecule has 7 heteroatoms. The molecule has 7 nitrogen and oxygen atoms in total. The summed E-state index contributed by atoms with van der Waals surface area (Å²) in [6.45, 7) is 3.21. The number of ether oxygens (including phenoxy) is 1. The highest BCUT2D eigenvalue weighted by molar-refractivity contribution is 6.02. The van der Waals surface area contributed by atoms with Crippen LogP contribution in [0.3, 0.4) is 0 Å². The molecule has 3 amide bonds. The maximum atomic E-state index is 12.0. The third kappa shape index (κ3) is 5.85. The molecule has 0 unspecified atom stereocenters. The molecular weight excluding hydrogens is 358 g/mol. The first-order valence-corrected chi connectivity index (χ1v) is 9.73. The van der Waals surface area contributed by atoms with Gasteiger partial charge in [0.05, 0.1) is 19.0 Å². The molecule has 2 aromatic rings. The van der Waals surface area contributed by atoms with Crippen molar-refractivity contribution in [3.05, 3.63) is 48.4 Å². The van der Waals surface area contributed by atoms with Crippen LogP contribution < -0.4 is 16.0 Å². The summed E-state index contributed by atoms with van der Waals surface area (Å²) >= 11 is 0. The van der Waals surface area contributed by atoms with Crippen molar-refractivity contribution < 1.29 is 18.7 Å². The molecule has 1 aromatic heterocycles. The van der Waals surface area contributed by atoms with Crippen LogP contribution in [0, 0.1) is 5.92 Å². The van der Waals surface area contributed by atoms with Crippen molar-refractivity contribution in [3.8, 4) is 0 Å². The maximum Gasteiger partial charge on any atom is 0.319 e. The van der Waals surface area contributed by atoms with Crippen LogP contribution in [0.15, 0.2) is 47.1 Å². The third-order valence-electron chi connectivity index (χ3n) is 4.90.